The number of aromatic hydroxyl groups is 1. The molecular formula is C33H33F4N5O3. The zero-order chi connectivity index (χ0) is 30.9. The van der Waals surface area contributed by atoms with Crippen molar-refractivity contribution in [3.05, 3.63) is 47.9 Å². The van der Waals surface area contributed by atoms with Gasteiger partial charge >= 0.3 is 6.01 Å². The van der Waals surface area contributed by atoms with Crippen molar-refractivity contribution in [3.63, 3.8) is 0 Å². The molecule has 12 heteroatoms. The number of nitrogens with zero attached hydrogens (tertiary/aromatic N) is 5. The molecule has 45 heavy (non-hydrogen) atoms. The van der Waals surface area contributed by atoms with Crippen LogP contribution < -0.4 is 9.64 Å². The molecule has 1 spiro atoms. The van der Waals surface area contributed by atoms with E-state index in [1.54, 1.807) is 0 Å². The number of phenols is 1. The van der Waals surface area contributed by atoms with Gasteiger partial charge < -0.3 is 19.5 Å². The summed E-state index contributed by atoms with van der Waals surface area (Å²) >= 11 is 0. The number of phenolic OH excluding ortho intramolecular Hbond substituents is 1. The Morgan fingerprint density at radius 1 is 1.00 bits per heavy atom. The Kier molecular flexibility index (Phi) is 6.79. The highest BCUT2D eigenvalue weighted by molar-refractivity contribution is 6.00. The van der Waals surface area contributed by atoms with E-state index in [0.29, 0.717) is 37.3 Å². The number of ether oxygens (including phenoxy) is 2. The first-order chi connectivity index (χ1) is 21.7. The molecule has 6 heterocycles. The van der Waals surface area contributed by atoms with Gasteiger partial charge in [-0.2, -0.15) is 9.97 Å². The minimum absolute atomic E-state index is 0.0486. The van der Waals surface area contributed by atoms with E-state index in [9.17, 15) is 13.9 Å². The lowest BCUT2D eigenvalue weighted by molar-refractivity contribution is -0.0146. The normalized spacial score (nSPS) is 24.7. The molecule has 2 aromatic heterocycles. The number of anilines is 1. The molecule has 0 amide bonds. The molecule has 0 saturated carbocycles. The molecule has 2 atom stereocenters. The summed E-state index contributed by atoms with van der Waals surface area (Å²) in [5, 5.41) is 10.7. The van der Waals surface area contributed by atoms with Crippen molar-refractivity contribution >= 4 is 27.5 Å². The first-order valence-electron chi connectivity index (χ1n) is 15.6. The van der Waals surface area contributed by atoms with E-state index in [1.165, 1.54) is 18.3 Å². The van der Waals surface area contributed by atoms with Gasteiger partial charge in [-0.1, -0.05) is 6.07 Å². The van der Waals surface area contributed by atoms with E-state index in [4.69, 9.17) is 14.5 Å². The SMILES string of the molecule is Oc1cc(-c2ncc3c(N4CCC5(CCCO5)CC4)nc(OC[C@@]45CCCN4C[C@H](F)C5)nc3c2F)c2c(F)c(F)ccc2c1. The predicted octanol–water partition coefficient (Wildman–Crippen LogP) is 6.07. The molecule has 8 rings (SSSR count). The van der Waals surface area contributed by atoms with Crippen molar-refractivity contribution in [3.8, 4) is 23.0 Å². The fourth-order valence-electron chi connectivity index (χ4n) is 8.01. The van der Waals surface area contributed by atoms with E-state index < -0.39 is 29.2 Å². The summed E-state index contributed by atoms with van der Waals surface area (Å²) in [6, 6.07) is 4.66. The molecular weight excluding hydrogens is 590 g/mol. The fraction of sp³-hybridized carbons (Fsp3) is 0.485. The zero-order valence-electron chi connectivity index (χ0n) is 24.7. The summed E-state index contributed by atoms with van der Waals surface area (Å²) in [5.41, 5.74) is -1.11. The predicted molar refractivity (Wildman–Crippen MR) is 160 cm³/mol. The van der Waals surface area contributed by atoms with Gasteiger partial charge in [0.15, 0.2) is 17.5 Å². The maximum absolute atomic E-state index is 16.6. The van der Waals surface area contributed by atoms with Crippen LogP contribution in [0, 0.1) is 17.5 Å². The number of halogens is 4. The summed E-state index contributed by atoms with van der Waals surface area (Å²) in [5.74, 6) is -2.95. The minimum Gasteiger partial charge on any atom is -0.508 e. The molecule has 0 radical (unpaired) electrons. The number of alkyl halides is 1. The monoisotopic (exact) mass is 623 g/mol. The van der Waals surface area contributed by atoms with Crippen molar-refractivity contribution in [2.24, 2.45) is 0 Å². The number of hydrogen-bond acceptors (Lipinski definition) is 8. The average Bonchev–Trinajstić information content (AvgIpc) is 3.72. The molecule has 4 aliphatic heterocycles. The summed E-state index contributed by atoms with van der Waals surface area (Å²) in [6.45, 7) is 3.32. The quantitative estimate of drug-likeness (QED) is 0.268. The molecule has 2 aromatic carbocycles. The summed E-state index contributed by atoms with van der Waals surface area (Å²) < 4.78 is 72.8. The Bertz CT molecular complexity index is 1810. The second-order valence-electron chi connectivity index (χ2n) is 13.0. The van der Waals surface area contributed by atoms with Gasteiger partial charge in [-0.05, 0) is 68.7 Å². The van der Waals surface area contributed by atoms with Crippen LogP contribution in [0.3, 0.4) is 0 Å². The zero-order valence-corrected chi connectivity index (χ0v) is 24.7. The number of hydrogen-bond donors (Lipinski definition) is 1. The summed E-state index contributed by atoms with van der Waals surface area (Å²) in [4.78, 5) is 17.8. The van der Waals surface area contributed by atoms with Gasteiger partial charge in [0, 0.05) is 49.8 Å². The molecule has 4 saturated heterocycles. The lowest BCUT2D eigenvalue weighted by Crippen LogP contribution is -2.44. The molecule has 4 aliphatic rings. The Morgan fingerprint density at radius 2 is 1.84 bits per heavy atom. The third kappa shape index (κ3) is 4.75. The van der Waals surface area contributed by atoms with Gasteiger partial charge in [0.05, 0.1) is 16.5 Å². The second-order valence-corrected chi connectivity index (χ2v) is 13.0. The molecule has 0 aliphatic carbocycles. The van der Waals surface area contributed by atoms with Gasteiger partial charge in [-0.25, -0.2) is 17.6 Å². The number of benzene rings is 2. The summed E-state index contributed by atoms with van der Waals surface area (Å²) in [7, 11) is 0. The second kappa shape index (κ2) is 10.7. The van der Waals surface area contributed by atoms with Gasteiger partial charge in [-0.15, -0.1) is 0 Å². The van der Waals surface area contributed by atoms with E-state index in [-0.39, 0.29) is 51.5 Å². The number of pyridine rings is 1. The van der Waals surface area contributed by atoms with Crippen LogP contribution in [0.25, 0.3) is 32.9 Å². The van der Waals surface area contributed by atoms with E-state index >= 15 is 8.78 Å². The van der Waals surface area contributed by atoms with Crippen LogP contribution in [0.5, 0.6) is 11.8 Å². The highest BCUT2D eigenvalue weighted by Gasteiger charge is 2.49. The lowest BCUT2D eigenvalue weighted by Gasteiger charge is -2.39. The maximum atomic E-state index is 16.6. The maximum Gasteiger partial charge on any atom is 0.319 e. The molecule has 0 bridgehead atoms. The Morgan fingerprint density at radius 3 is 2.64 bits per heavy atom. The largest absolute Gasteiger partial charge is 0.508 e. The Hall–Kier alpha value is -3.77. The molecule has 8 nitrogen and oxygen atoms in total. The van der Waals surface area contributed by atoms with Gasteiger partial charge in [0.25, 0.3) is 0 Å². The number of rotatable bonds is 5. The van der Waals surface area contributed by atoms with Crippen molar-refractivity contribution in [2.45, 2.75) is 62.3 Å². The Labute approximate surface area is 257 Å². The van der Waals surface area contributed by atoms with Crippen LogP contribution in [0.1, 0.15) is 44.9 Å². The van der Waals surface area contributed by atoms with Gasteiger partial charge in [-0.3, -0.25) is 9.88 Å². The number of aromatic nitrogens is 3. The topological polar surface area (TPSA) is 83.8 Å². The van der Waals surface area contributed by atoms with Crippen LogP contribution in [0.2, 0.25) is 0 Å². The number of piperidine rings is 1. The van der Waals surface area contributed by atoms with E-state index in [0.717, 1.165) is 63.8 Å². The molecule has 236 valence electrons. The van der Waals surface area contributed by atoms with Crippen molar-refractivity contribution in [1.82, 2.24) is 19.9 Å². The minimum atomic E-state index is -1.17. The first-order valence-corrected chi connectivity index (χ1v) is 15.6. The molecule has 0 unspecified atom stereocenters. The molecule has 4 fully saturated rings. The highest BCUT2D eigenvalue weighted by Crippen LogP contribution is 2.43. The van der Waals surface area contributed by atoms with Crippen LogP contribution in [-0.4, -0.2) is 81.7 Å². The standard InChI is InChI=1S/C33H33F4N5O3/c34-20-15-32(5-1-9-42(32)17-20)18-44-31-39-29-23(30(40-31)41-10-7-33(8-11-41)6-2-12-45-33)16-38-28(27(29)37)22-14-21(43)13-19-3-4-24(35)26(36)25(19)22/h3-4,13-14,16,20,43H,1-2,5-12,15,17-18H2/t20-,32+/m1/s1. The van der Waals surface area contributed by atoms with Crippen LogP contribution in [0.4, 0.5) is 23.4 Å². The summed E-state index contributed by atoms with van der Waals surface area (Å²) in [6.07, 6.45) is 6.19. The van der Waals surface area contributed by atoms with Crippen molar-refractivity contribution < 1.29 is 32.1 Å². The van der Waals surface area contributed by atoms with Crippen LogP contribution in [0.15, 0.2) is 30.5 Å². The smallest absolute Gasteiger partial charge is 0.319 e. The third-order valence-corrected chi connectivity index (χ3v) is 10.3. The lowest BCUT2D eigenvalue weighted by atomic mass is 9.88. The third-order valence-electron chi connectivity index (χ3n) is 10.3. The van der Waals surface area contributed by atoms with Crippen LogP contribution in [-0.2, 0) is 4.74 Å². The highest BCUT2D eigenvalue weighted by atomic mass is 19.2. The van der Waals surface area contributed by atoms with Crippen LogP contribution >= 0.6 is 0 Å². The Balaban J connectivity index is 1.23. The van der Waals surface area contributed by atoms with E-state index in [1.807, 2.05) is 0 Å². The molecule has 4 aromatic rings. The fourth-order valence-corrected chi connectivity index (χ4v) is 8.01. The molecule has 1 N–H and O–H groups in total. The van der Waals surface area contributed by atoms with Crippen molar-refractivity contribution in [1.29, 1.82) is 0 Å². The van der Waals surface area contributed by atoms with Crippen molar-refractivity contribution in [2.75, 3.05) is 44.3 Å². The first kappa shape index (κ1) is 28.7. The van der Waals surface area contributed by atoms with Gasteiger partial charge in [0.2, 0.25) is 0 Å². The average molecular weight is 624 g/mol. The number of fused-ring (bicyclic) bond motifs is 3. The van der Waals surface area contributed by atoms with E-state index in [2.05, 4.69) is 19.8 Å². The van der Waals surface area contributed by atoms with Gasteiger partial charge in [0.1, 0.15) is 35.6 Å².